The van der Waals surface area contributed by atoms with E-state index in [1.807, 2.05) is 57.2 Å². The first-order chi connectivity index (χ1) is 19.8. The number of nitrogens with one attached hydrogen (secondary N) is 1. The molecule has 3 N–H and O–H groups in total. The largest absolute Gasteiger partial charge is 2.00 e. The van der Waals surface area contributed by atoms with Crippen LogP contribution >= 0.6 is 0 Å². The Labute approximate surface area is 262 Å². The van der Waals surface area contributed by atoms with E-state index in [0.717, 1.165) is 40.4 Å². The first-order valence-corrected chi connectivity index (χ1v) is 13.0. The monoisotopic (exact) mass is 753 g/mol. The molecule has 0 unspecified atom stereocenters. The molecule has 42 heavy (non-hydrogen) atoms. The van der Waals surface area contributed by atoms with Gasteiger partial charge in [0.25, 0.3) is 0 Å². The molecule has 0 saturated heterocycles. The van der Waals surface area contributed by atoms with E-state index in [4.69, 9.17) is 14.2 Å². The van der Waals surface area contributed by atoms with E-state index in [-0.39, 0.29) is 34.3 Å². The number of aliphatic hydroxyl groups excluding tert-OH is 2. The van der Waals surface area contributed by atoms with Crippen molar-refractivity contribution in [3.63, 3.8) is 0 Å². The molecule has 0 aliphatic carbocycles. The maximum Gasteiger partial charge on any atom is 2.00 e. The summed E-state index contributed by atoms with van der Waals surface area (Å²) in [6.07, 6.45) is 3.52. The zero-order valence-corrected chi connectivity index (χ0v) is 27.3. The van der Waals surface area contributed by atoms with Crippen molar-refractivity contribution < 1.29 is 45.5 Å². The van der Waals surface area contributed by atoms with Gasteiger partial charge >= 0.3 is 21.1 Å². The minimum Gasteiger partial charge on any atom is -0.540 e. The van der Waals surface area contributed by atoms with Crippen LogP contribution in [0.3, 0.4) is 0 Å². The fourth-order valence-corrected chi connectivity index (χ4v) is 4.41. The van der Waals surface area contributed by atoms with Gasteiger partial charge in [0.2, 0.25) is 0 Å². The summed E-state index contributed by atoms with van der Waals surface area (Å²) >= 11 is 0. The molecule has 0 fully saturated rings. The van der Waals surface area contributed by atoms with Gasteiger partial charge in [-0.15, -0.1) is 35.4 Å². The number of hydrogen-bond donors (Lipinski definition) is 3. The molecule has 0 amide bonds. The Morgan fingerprint density at radius 3 is 2.00 bits per heavy atom. The molecule has 0 radical (unpaired) electrons. The summed E-state index contributed by atoms with van der Waals surface area (Å²) in [5, 5.41) is 22.3. The summed E-state index contributed by atoms with van der Waals surface area (Å²) in [6.45, 7) is 2.29. The Balaban J connectivity index is 0.000000287. The number of nitrogens with zero attached hydrogens (tertiary/aromatic N) is 3. The summed E-state index contributed by atoms with van der Waals surface area (Å²) in [6, 6.07) is 17.6. The van der Waals surface area contributed by atoms with Crippen LogP contribution in [0.15, 0.2) is 48.8 Å². The number of aromatic nitrogens is 2. The van der Waals surface area contributed by atoms with Gasteiger partial charge in [-0.1, -0.05) is 35.7 Å². The molecule has 4 rings (SSSR count). The Kier molecular flexibility index (Phi) is 13.9. The zero-order valence-electron chi connectivity index (χ0n) is 25.0. The summed E-state index contributed by atoms with van der Waals surface area (Å²) < 4.78 is 15.9. The maximum atomic E-state index is 9.66. The molecule has 0 aliphatic heterocycles. The average molecular weight is 754 g/mol. The van der Waals surface area contributed by atoms with Crippen molar-refractivity contribution in [2.24, 2.45) is 0 Å². The van der Waals surface area contributed by atoms with Crippen LogP contribution in [0.1, 0.15) is 22.3 Å². The summed E-state index contributed by atoms with van der Waals surface area (Å²) in [4.78, 5) is 10.8. The number of pyridine rings is 2. The molecular formula is C32H38N4O5Pt. The van der Waals surface area contributed by atoms with E-state index < -0.39 is 0 Å². The molecular weight excluding hydrogens is 715 g/mol. The SMILES string of the molecule is CNCc1ccnc(-c2[c-]cc(OC)c(CO)c2CO)c1.COc1c[c-]c(-c2cc(N(C)C)ccn2)c(C)c1OC.[Pt+2]. The van der Waals surface area contributed by atoms with Crippen LogP contribution < -0.4 is 24.4 Å². The van der Waals surface area contributed by atoms with Crippen LogP contribution in [0.4, 0.5) is 5.69 Å². The summed E-state index contributed by atoms with van der Waals surface area (Å²) in [5.41, 5.74) is 7.49. The summed E-state index contributed by atoms with van der Waals surface area (Å²) in [7, 11) is 10.7. The fourth-order valence-electron chi connectivity index (χ4n) is 4.41. The predicted molar refractivity (Wildman–Crippen MR) is 160 cm³/mol. The molecule has 2 heterocycles. The van der Waals surface area contributed by atoms with Crippen molar-refractivity contribution in [3.8, 4) is 39.8 Å². The van der Waals surface area contributed by atoms with Gasteiger partial charge in [0.15, 0.2) is 0 Å². The maximum absolute atomic E-state index is 9.66. The number of hydrogen-bond acceptors (Lipinski definition) is 9. The van der Waals surface area contributed by atoms with Crippen LogP contribution in [0, 0.1) is 19.1 Å². The molecule has 0 aliphatic rings. The van der Waals surface area contributed by atoms with Gasteiger partial charge < -0.3 is 44.6 Å². The molecule has 226 valence electrons. The topological polar surface area (TPSA) is 109 Å². The standard InChI is InChI=1S/C16H19N2O3.C16H19N2O2.Pt/c1-17-8-11-5-6-18-15(7-11)12-3-4-16(21-2)14(10-20)13(12)9-19;1-11-13(6-7-15(19-4)16(11)20-5)14-10-12(18(2)3)8-9-17-14;/h4-7,17,19-20H,8-10H2,1-2H3;7-10H,1-5H3;/q2*-1;+2. The van der Waals surface area contributed by atoms with Crippen molar-refractivity contribution >= 4 is 5.69 Å². The van der Waals surface area contributed by atoms with Crippen LogP contribution in [0.25, 0.3) is 22.5 Å². The third-order valence-corrected chi connectivity index (χ3v) is 6.54. The number of methoxy groups -OCH3 is 3. The second-order valence-electron chi connectivity index (χ2n) is 9.27. The zero-order chi connectivity index (χ0) is 29.9. The van der Waals surface area contributed by atoms with Gasteiger partial charge in [-0.05, 0) is 36.1 Å². The van der Waals surface area contributed by atoms with Gasteiger partial charge in [-0.3, -0.25) is 0 Å². The Bertz CT molecular complexity index is 1450. The first kappa shape index (κ1) is 34.7. The Morgan fingerprint density at radius 1 is 0.833 bits per heavy atom. The molecule has 0 bridgehead atoms. The second-order valence-corrected chi connectivity index (χ2v) is 9.27. The Hall–Kier alpha value is -3.49. The second kappa shape index (κ2) is 16.8. The minimum absolute atomic E-state index is 0. The molecule has 2 aromatic carbocycles. The van der Waals surface area contributed by atoms with E-state index in [1.54, 1.807) is 38.7 Å². The number of ether oxygens (including phenoxy) is 3. The van der Waals surface area contributed by atoms with Gasteiger partial charge in [0, 0.05) is 51.1 Å². The van der Waals surface area contributed by atoms with Crippen molar-refractivity contribution in [3.05, 3.63) is 83.2 Å². The van der Waals surface area contributed by atoms with Crippen LogP contribution in [0.2, 0.25) is 0 Å². The van der Waals surface area contributed by atoms with Crippen LogP contribution in [-0.4, -0.2) is 62.7 Å². The number of rotatable bonds is 10. The molecule has 0 atom stereocenters. The first-order valence-electron chi connectivity index (χ1n) is 13.0. The van der Waals surface area contributed by atoms with E-state index in [1.165, 1.54) is 7.11 Å². The smallest absolute Gasteiger partial charge is 0.540 e. The van der Waals surface area contributed by atoms with Gasteiger partial charge in [-0.2, -0.15) is 0 Å². The molecule has 9 nitrogen and oxygen atoms in total. The quantitative estimate of drug-likeness (QED) is 0.206. The van der Waals surface area contributed by atoms with Crippen LogP contribution in [-0.2, 0) is 40.8 Å². The van der Waals surface area contributed by atoms with Crippen molar-refractivity contribution in [1.29, 1.82) is 0 Å². The molecule has 0 saturated carbocycles. The van der Waals surface area contributed by atoms with E-state index in [0.29, 0.717) is 33.9 Å². The van der Waals surface area contributed by atoms with E-state index >= 15 is 0 Å². The van der Waals surface area contributed by atoms with Gasteiger partial charge in [0.05, 0.1) is 39.4 Å². The number of benzene rings is 2. The van der Waals surface area contributed by atoms with Gasteiger partial charge in [0.1, 0.15) is 0 Å². The molecule has 10 heteroatoms. The summed E-state index contributed by atoms with van der Waals surface area (Å²) in [5.74, 6) is 1.91. The normalized spacial score (nSPS) is 10.2. The third-order valence-electron chi connectivity index (χ3n) is 6.54. The van der Waals surface area contributed by atoms with E-state index in [9.17, 15) is 10.2 Å². The molecule has 4 aromatic rings. The van der Waals surface area contributed by atoms with Gasteiger partial charge in [-0.25, -0.2) is 0 Å². The minimum atomic E-state index is -0.211. The molecule has 0 spiro atoms. The third kappa shape index (κ3) is 8.07. The fraction of sp³-hybridized carbons (Fsp3) is 0.312. The van der Waals surface area contributed by atoms with E-state index in [2.05, 4.69) is 27.4 Å². The predicted octanol–water partition coefficient (Wildman–Crippen LogP) is 4.20. The Morgan fingerprint density at radius 2 is 1.43 bits per heavy atom. The van der Waals surface area contributed by atoms with Crippen molar-refractivity contribution in [1.82, 2.24) is 15.3 Å². The number of aliphatic hydroxyl groups is 2. The molecule has 2 aromatic heterocycles. The van der Waals surface area contributed by atoms with Crippen molar-refractivity contribution in [2.75, 3.05) is 47.4 Å². The average Bonchev–Trinajstić information content (AvgIpc) is 3.00. The van der Waals surface area contributed by atoms with Crippen LogP contribution in [0.5, 0.6) is 17.2 Å². The number of anilines is 1. The van der Waals surface area contributed by atoms with Crippen molar-refractivity contribution in [2.45, 2.75) is 26.7 Å².